The largest absolute Gasteiger partial charge is 0.395 e. The molecule has 4 nitrogen and oxygen atoms in total. The molecule has 1 aromatic rings. The van der Waals surface area contributed by atoms with E-state index in [0.717, 1.165) is 37.3 Å². The van der Waals surface area contributed by atoms with E-state index in [-0.39, 0.29) is 18.6 Å². The van der Waals surface area contributed by atoms with Gasteiger partial charge in [-0.05, 0) is 32.1 Å². The van der Waals surface area contributed by atoms with E-state index < -0.39 is 0 Å². The summed E-state index contributed by atoms with van der Waals surface area (Å²) in [6, 6.07) is 0. The molecule has 1 aromatic heterocycles. The van der Waals surface area contributed by atoms with Crippen molar-refractivity contribution in [2.24, 2.45) is 0 Å². The molecule has 4 heteroatoms. The number of hydrogen-bond acceptors (Lipinski definition) is 3. The molecule has 0 unspecified atom stereocenters. The second-order valence-electron chi connectivity index (χ2n) is 5.39. The molecule has 1 saturated carbocycles. The Morgan fingerprint density at radius 1 is 1.18 bits per heavy atom. The van der Waals surface area contributed by atoms with E-state index in [4.69, 9.17) is 0 Å². The number of hydrogen-bond donors (Lipinski definition) is 2. The number of nitrogens with zero attached hydrogens (tertiary/aromatic N) is 2. The third kappa shape index (κ3) is 1.54. The minimum atomic E-state index is -0.112. The van der Waals surface area contributed by atoms with Gasteiger partial charge in [0.2, 0.25) is 0 Å². The first-order valence-electron chi connectivity index (χ1n) is 6.61. The van der Waals surface area contributed by atoms with Gasteiger partial charge in [0, 0.05) is 12.2 Å². The number of imidazole rings is 1. The van der Waals surface area contributed by atoms with Crippen molar-refractivity contribution in [1.29, 1.82) is 0 Å². The van der Waals surface area contributed by atoms with E-state index in [1.54, 1.807) is 0 Å². The van der Waals surface area contributed by atoms with Crippen molar-refractivity contribution < 1.29 is 10.2 Å². The highest BCUT2D eigenvalue weighted by Gasteiger charge is 2.43. The van der Waals surface area contributed by atoms with Gasteiger partial charge in [-0.3, -0.25) is 0 Å². The fourth-order valence-electron chi connectivity index (χ4n) is 3.21. The molecule has 1 aliphatic carbocycles. The van der Waals surface area contributed by atoms with Crippen LogP contribution in [-0.4, -0.2) is 26.4 Å². The molecular formula is C13H20N2O2. The summed E-state index contributed by atoms with van der Waals surface area (Å²) in [7, 11) is 0. The lowest BCUT2D eigenvalue weighted by atomic mass is 9.68. The molecule has 1 fully saturated rings. The summed E-state index contributed by atoms with van der Waals surface area (Å²) in [5, 5.41) is 19.1. The molecule has 0 spiro atoms. The number of aliphatic hydroxyl groups excluding tert-OH is 2. The monoisotopic (exact) mass is 236 g/mol. The van der Waals surface area contributed by atoms with Gasteiger partial charge in [-0.15, -0.1) is 0 Å². The average Bonchev–Trinajstić information content (AvgIpc) is 2.68. The van der Waals surface area contributed by atoms with Crippen molar-refractivity contribution in [3.8, 4) is 0 Å². The molecule has 1 aliphatic heterocycles. The average molecular weight is 236 g/mol. The maximum Gasteiger partial charge on any atom is 0.117 e. The Labute approximate surface area is 101 Å². The van der Waals surface area contributed by atoms with E-state index in [0.29, 0.717) is 0 Å². The number of fused-ring (bicyclic) bond motifs is 1. The molecular weight excluding hydrogens is 216 g/mol. The Kier molecular flexibility index (Phi) is 2.71. The SMILES string of the molecule is OCc1nc(C2(CO)CCC2)n2c1CCCC2. The maximum atomic E-state index is 9.66. The fraction of sp³-hybridized carbons (Fsp3) is 0.769. The molecule has 3 rings (SSSR count). The molecule has 2 N–H and O–H groups in total. The van der Waals surface area contributed by atoms with Gasteiger partial charge >= 0.3 is 0 Å². The van der Waals surface area contributed by atoms with E-state index in [1.165, 1.54) is 25.0 Å². The summed E-state index contributed by atoms with van der Waals surface area (Å²) >= 11 is 0. The van der Waals surface area contributed by atoms with Gasteiger partial charge < -0.3 is 14.8 Å². The van der Waals surface area contributed by atoms with Crippen LogP contribution in [0.1, 0.15) is 49.3 Å². The zero-order valence-corrected chi connectivity index (χ0v) is 10.2. The highest BCUT2D eigenvalue weighted by atomic mass is 16.3. The van der Waals surface area contributed by atoms with Crippen LogP contribution in [0.5, 0.6) is 0 Å². The van der Waals surface area contributed by atoms with Crippen LogP contribution in [0.4, 0.5) is 0 Å². The lowest BCUT2D eigenvalue weighted by Crippen LogP contribution is -2.41. The van der Waals surface area contributed by atoms with E-state index in [2.05, 4.69) is 9.55 Å². The second kappa shape index (κ2) is 4.10. The summed E-state index contributed by atoms with van der Waals surface area (Å²) in [5.74, 6) is 1.03. The van der Waals surface area contributed by atoms with Gasteiger partial charge in [-0.2, -0.15) is 0 Å². The van der Waals surface area contributed by atoms with Crippen molar-refractivity contribution in [2.45, 2.75) is 57.1 Å². The first-order chi connectivity index (χ1) is 8.30. The molecule has 2 heterocycles. The van der Waals surface area contributed by atoms with Gasteiger partial charge in [0.05, 0.1) is 24.3 Å². The van der Waals surface area contributed by atoms with Crippen LogP contribution in [0.3, 0.4) is 0 Å². The van der Waals surface area contributed by atoms with Crippen molar-refractivity contribution in [3.05, 3.63) is 17.2 Å². The van der Waals surface area contributed by atoms with Gasteiger partial charge in [0.15, 0.2) is 0 Å². The van der Waals surface area contributed by atoms with Crippen LogP contribution < -0.4 is 0 Å². The predicted molar refractivity (Wildman–Crippen MR) is 63.7 cm³/mol. The molecule has 17 heavy (non-hydrogen) atoms. The lowest BCUT2D eigenvalue weighted by molar-refractivity contribution is 0.107. The van der Waals surface area contributed by atoms with Crippen molar-refractivity contribution >= 4 is 0 Å². The topological polar surface area (TPSA) is 58.3 Å². The van der Waals surface area contributed by atoms with Crippen LogP contribution in [0, 0.1) is 0 Å². The highest BCUT2D eigenvalue weighted by Crippen LogP contribution is 2.44. The van der Waals surface area contributed by atoms with Crippen LogP contribution in [-0.2, 0) is 25.0 Å². The Hall–Kier alpha value is -0.870. The standard InChI is InChI=1S/C13H20N2O2/c16-8-10-11-4-1-2-7-15(11)12(14-10)13(9-17)5-3-6-13/h16-17H,1-9H2. The zero-order valence-electron chi connectivity index (χ0n) is 10.2. The fourth-order valence-corrected chi connectivity index (χ4v) is 3.21. The Balaban J connectivity index is 2.07. The van der Waals surface area contributed by atoms with Gasteiger partial charge in [-0.1, -0.05) is 6.42 Å². The highest BCUT2D eigenvalue weighted by molar-refractivity contribution is 5.25. The molecule has 0 aromatic carbocycles. The summed E-state index contributed by atoms with van der Waals surface area (Å²) < 4.78 is 2.27. The van der Waals surface area contributed by atoms with Crippen LogP contribution in [0.2, 0.25) is 0 Å². The van der Waals surface area contributed by atoms with E-state index in [9.17, 15) is 10.2 Å². The number of aliphatic hydroxyl groups is 2. The van der Waals surface area contributed by atoms with Gasteiger partial charge in [-0.25, -0.2) is 4.98 Å². The summed E-state index contributed by atoms with van der Waals surface area (Å²) in [6.07, 6.45) is 6.63. The molecule has 0 atom stereocenters. The van der Waals surface area contributed by atoms with Crippen LogP contribution in [0.15, 0.2) is 0 Å². The molecule has 94 valence electrons. The second-order valence-corrected chi connectivity index (χ2v) is 5.39. The minimum Gasteiger partial charge on any atom is -0.395 e. The quantitative estimate of drug-likeness (QED) is 0.827. The third-order valence-electron chi connectivity index (χ3n) is 4.44. The summed E-state index contributed by atoms with van der Waals surface area (Å²) in [6.45, 7) is 1.21. The summed E-state index contributed by atoms with van der Waals surface area (Å²) in [4.78, 5) is 4.63. The van der Waals surface area contributed by atoms with E-state index in [1.807, 2.05) is 0 Å². The smallest absolute Gasteiger partial charge is 0.117 e. The van der Waals surface area contributed by atoms with Gasteiger partial charge in [0.25, 0.3) is 0 Å². The Bertz CT molecular complexity index is 416. The first kappa shape index (κ1) is 11.2. The number of aromatic nitrogens is 2. The van der Waals surface area contributed by atoms with Gasteiger partial charge in [0.1, 0.15) is 5.82 Å². The Morgan fingerprint density at radius 3 is 2.59 bits per heavy atom. The van der Waals surface area contributed by atoms with Crippen molar-refractivity contribution in [1.82, 2.24) is 9.55 Å². The van der Waals surface area contributed by atoms with Crippen molar-refractivity contribution in [2.75, 3.05) is 6.61 Å². The molecule has 0 radical (unpaired) electrons. The summed E-state index contributed by atoms with van der Waals surface area (Å²) in [5.41, 5.74) is 1.92. The van der Waals surface area contributed by atoms with E-state index >= 15 is 0 Å². The molecule has 0 bridgehead atoms. The molecule has 0 amide bonds. The van der Waals surface area contributed by atoms with Crippen LogP contribution in [0.25, 0.3) is 0 Å². The third-order valence-corrected chi connectivity index (χ3v) is 4.44. The van der Waals surface area contributed by atoms with Crippen molar-refractivity contribution in [3.63, 3.8) is 0 Å². The Morgan fingerprint density at radius 2 is 2.00 bits per heavy atom. The lowest BCUT2D eigenvalue weighted by Gasteiger charge is -2.40. The zero-order chi connectivity index (χ0) is 11.9. The van der Waals surface area contributed by atoms with Crippen LogP contribution >= 0.6 is 0 Å². The molecule has 2 aliphatic rings. The minimum absolute atomic E-state index is 0.0246. The normalized spacial score (nSPS) is 22.0. The first-order valence-corrected chi connectivity index (χ1v) is 6.61. The maximum absolute atomic E-state index is 9.66. The number of rotatable bonds is 3. The predicted octanol–water partition coefficient (Wildman–Crippen LogP) is 1.13. The molecule has 0 saturated heterocycles.